The molecule has 0 N–H and O–H groups in total. The highest BCUT2D eigenvalue weighted by Gasteiger charge is 1.97. The van der Waals surface area contributed by atoms with Gasteiger partial charge in [-0.15, -0.1) is 25.7 Å². The van der Waals surface area contributed by atoms with Crippen molar-refractivity contribution >= 4 is 10.8 Å². The molecule has 0 saturated heterocycles. The second-order valence-corrected chi connectivity index (χ2v) is 3.79. The first-order chi connectivity index (χ1) is 8.16. The summed E-state index contributed by atoms with van der Waals surface area (Å²) < 4.78 is 0. The summed E-state index contributed by atoms with van der Waals surface area (Å²) in [5, 5.41) is 2.69. The average molecular weight is 222 g/mol. The van der Waals surface area contributed by atoms with Crippen LogP contribution in [-0.4, -0.2) is 0 Å². The summed E-state index contributed by atoms with van der Waals surface area (Å²) in [6.45, 7) is 6.46. The molecule has 0 radical (unpaired) electrons. The van der Waals surface area contributed by atoms with E-state index in [1.54, 1.807) is 0 Å². The Morgan fingerprint density at radius 3 is 1.65 bits per heavy atom. The Morgan fingerprint density at radius 1 is 0.647 bits per heavy atom. The van der Waals surface area contributed by atoms with Crippen LogP contribution in [0.2, 0.25) is 0 Å². The van der Waals surface area contributed by atoms with Crippen molar-refractivity contribution in [2.45, 2.75) is 20.8 Å². The molecule has 2 rings (SSSR count). The number of fused-ring (bicyclic) bond motifs is 1. The van der Waals surface area contributed by atoms with Gasteiger partial charge < -0.3 is 0 Å². The Labute approximate surface area is 105 Å². The molecule has 0 heterocycles. The van der Waals surface area contributed by atoms with E-state index in [9.17, 15) is 0 Å². The van der Waals surface area contributed by atoms with Gasteiger partial charge in [0.15, 0.2) is 0 Å². The summed E-state index contributed by atoms with van der Waals surface area (Å²) in [7, 11) is 0. The number of benzene rings is 2. The number of terminal acetylenes is 2. The predicted octanol–water partition coefficient (Wildman–Crippen LogP) is 4.26. The van der Waals surface area contributed by atoms with Crippen LogP contribution < -0.4 is 0 Å². The van der Waals surface area contributed by atoms with Crippen LogP contribution in [0.15, 0.2) is 30.3 Å². The number of rotatable bonds is 0. The quantitative estimate of drug-likeness (QED) is 0.584. The third-order valence-electron chi connectivity index (χ3n) is 2.61. The van der Waals surface area contributed by atoms with Crippen LogP contribution >= 0.6 is 0 Å². The van der Waals surface area contributed by atoms with Crippen molar-refractivity contribution in [3.05, 3.63) is 47.0 Å². The second kappa shape index (κ2) is 7.15. The molecule has 0 nitrogen and oxygen atoms in total. The number of hydrogen-bond donors (Lipinski definition) is 0. The van der Waals surface area contributed by atoms with Crippen molar-refractivity contribution in [2.75, 3.05) is 0 Å². The number of aryl methyl sites for hydroxylation is 3. The van der Waals surface area contributed by atoms with Crippen LogP contribution in [0.25, 0.3) is 10.8 Å². The Bertz CT molecular complexity index is 521. The van der Waals surface area contributed by atoms with Crippen LogP contribution in [0.5, 0.6) is 0 Å². The molecule has 0 amide bonds. The molecule has 0 unspecified atom stereocenters. The highest BCUT2D eigenvalue weighted by molar-refractivity contribution is 5.84. The summed E-state index contributed by atoms with van der Waals surface area (Å²) in [6, 6.07) is 11.1. The molecule has 0 aliphatic rings. The molecule has 0 aliphatic heterocycles. The Morgan fingerprint density at radius 2 is 1.12 bits per heavy atom. The van der Waals surface area contributed by atoms with E-state index in [-0.39, 0.29) is 0 Å². The van der Waals surface area contributed by atoms with Gasteiger partial charge in [-0.2, -0.15) is 0 Å². The molecule has 0 heteroatoms. The lowest BCUT2D eigenvalue weighted by atomic mass is 10.0. The van der Waals surface area contributed by atoms with E-state index in [1.165, 1.54) is 27.5 Å². The first-order valence-corrected chi connectivity index (χ1v) is 5.31. The van der Waals surface area contributed by atoms with E-state index in [0.717, 1.165) is 0 Å². The third-order valence-corrected chi connectivity index (χ3v) is 2.61. The lowest BCUT2D eigenvalue weighted by Gasteiger charge is -2.04. The van der Waals surface area contributed by atoms with Crippen molar-refractivity contribution in [1.82, 2.24) is 0 Å². The summed E-state index contributed by atoms with van der Waals surface area (Å²) >= 11 is 0. The van der Waals surface area contributed by atoms with Crippen LogP contribution in [0.4, 0.5) is 0 Å². The van der Waals surface area contributed by atoms with Gasteiger partial charge in [0, 0.05) is 0 Å². The Hall–Kier alpha value is -2.18. The zero-order valence-corrected chi connectivity index (χ0v) is 10.7. The van der Waals surface area contributed by atoms with Crippen molar-refractivity contribution in [2.24, 2.45) is 0 Å². The van der Waals surface area contributed by atoms with Gasteiger partial charge in [-0.25, -0.2) is 0 Å². The van der Waals surface area contributed by atoms with Gasteiger partial charge in [-0.05, 0) is 42.7 Å². The van der Waals surface area contributed by atoms with E-state index >= 15 is 0 Å². The third kappa shape index (κ3) is 3.71. The first-order valence-electron chi connectivity index (χ1n) is 5.31. The SMILES string of the molecule is C#C.C#C.Cc1ccc2cc(C)c(C)cc2c1. The molecule has 2 aromatic carbocycles. The van der Waals surface area contributed by atoms with Crippen molar-refractivity contribution in [1.29, 1.82) is 0 Å². The summed E-state index contributed by atoms with van der Waals surface area (Å²) in [5.74, 6) is 0. The van der Waals surface area contributed by atoms with Crippen molar-refractivity contribution < 1.29 is 0 Å². The minimum Gasteiger partial charge on any atom is -0.124 e. The van der Waals surface area contributed by atoms with Gasteiger partial charge in [0.25, 0.3) is 0 Å². The van der Waals surface area contributed by atoms with Gasteiger partial charge in [0.2, 0.25) is 0 Å². The zero-order valence-electron chi connectivity index (χ0n) is 10.7. The zero-order chi connectivity index (χ0) is 13.4. The number of hydrogen-bond acceptors (Lipinski definition) is 0. The minimum absolute atomic E-state index is 1.33. The maximum atomic E-state index is 4.00. The monoisotopic (exact) mass is 222 g/mol. The fourth-order valence-corrected chi connectivity index (χ4v) is 1.64. The molecule has 86 valence electrons. The maximum absolute atomic E-state index is 4.00. The van der Waals surface area contributed by atoms with E-state index in [4.69, 9.17) is 0 Å². The smallest absolute Gasteiger partial charge is 0.0179 e. The molecule has 0 bridgehead atoms. The lowest BCUT2D eigenvalue weighted by molar-refractivity contribution is 1.36. The lowest BCUT2D eigenvalue weighted by Crippen LogP contribution is -1.82. The second-order valence-electron chi connectivity index (χ2n) is 3.79. The minimum atomic E-state index is 1.33. The fraction of sp³-hybridized carbons (Fsp3) is 0.176. The molecule has 0 saturated carbocycles. The molecule has 0 fully saturated rings. The van der Waals surface area contributed by atoms with Crippen LogP contribution in [-0.2, 0) is 0 Å². The first kappa shape index (κ1) is 14.8. The van der Waals surface area contributed by atoms with Crippen LogP contribution in [0, 0.1) is 46.5 Å². The maximum Gasteiger partial charge on any atom is -0.0179 e. The topological polar surface area (TPSA) is 0 Å². The average Bonchev–Trinajstić information content (AvgIpc) is 2.36. The van der Waals surface area contributed by atoms with E-state index in [2.05, 4.69) is 76.8 Å². The highest BCUT2D eigenvalue weighted by atomic mass is 14.0. The molecule has 17 heavy (non-hydrogen) atoms. The van der Waals surface area contributed by atoms with Gasteiger partial charge >= 0.3 is 0 Å². The standard InChI is InChI=1S/C13H14.2C2H2/c1-9-4-5-12-7-10(2)11(3)8-13(12)6-9;2*1-2/h4-8H,1-3H3;2*1-2H. The summed E-state index contributed by atoms with van der Waals surface area (Å²) in [4.78, 5) is 0. The normalized spacial score (nSPS) is 8.41. The van der Waals surface area contributed by atoms with Crippen molar-refractivity contribution in [3.63, 3.8) is 0 Å². The van der Waals surface area contributed by atoms with Crippen LogP contribution in [0.3, 0.4) is 0 Å². The van der Waals surface area contributed by atoms with Gasteiger partial charge in [-0.1, -0.05) is 35.9 Å². The fourth-order valence-electron chi connectivity index (χ4n) is 1.64. The molecular formula is C17H18. The molecule has 2 aromatic rings. The van der Waals surface area contributed by atoms with Gasteiger partial charge in [0.1, 0.15) is 0 Å². The Kier molecular flexibility index (Phi) is 6.24. The molecule has 0 aliphatic carbocycles. The largest absolute Gasteiger partial charge is 0.124 e. The molecule has 0 aromatic heterocycles. The van der Waals surface area contributed by atoms with E-state index < -0.39 is 0 Å². The van der Waals surface area contributed by atoms with Crippen LogP contribution in [0.1, 0.15) is 16.7 Å². The predicted molar refractivity (Wildman–Crippen MR) is 77.9 cm³/mol. The van der Waals surface area contributed by atoms with E-state index in [0.29, 0.717) is 0 Å². The molecule has 0 spiro atoms. The van der Waals surface area contributed by atoms with Gasteiger partial charge in [0.05, 0.1) is 0 Å². The summed E-state index contributed by atoms with van der Waals surface area (Å²) in [6.07, 6.45) is 16.0. The van der Waals surface area contributed by atoms with Crippen molar-refractivity contribution in [3.8, 4) is 25.7 Å². The summed E-state index contributed by atoms with van der Waals surface area (Å²) in [5.41, 5.74) is 4.07. The Balaban J connectivity index is 0.000000581. The van der Waals surface area contributed by atoms with Gasteiger partial charge in [-0.3, -0.25) is 0 Å². The molecular weight excluding hydrogens is 204 g/mol. The van der Waals surface area contributed by atoms with E-state index in [1.807, 2.05) is 0 Å². The molecule has 0 atom stereocenters. The highest BCUT2D eigenvalue weighted by Crippen LogP contribution is 2.20.